The average molecular weight is 94.5 g/mol. The lowest BCUT2D eigenvalue weighted by atomic mass is 11.2. The third-order valence-electron chi connectivity index (χ3n) is 0.0991. The van der Waals surface area contributed by atoms with Crippen molar-refractivity contribution in [3.8, 4) is 0 Å². The summed E-state index contributed by atoms with van der Waals surface area (Å²) in [6.07, 6.45) is 0. The molecule has 0 radical (unpaired) electrons. The maximum absolute atomic E-state index is 7.41. The van der Waals surface area contributed by atoms with Crippen LogP contribution in [0.2, 0.25) is 0 Å². The molecule has 0 heterocycles. The standard InChI is InChI=1S/C2H3ClO2/c1-2(3)5-4/h4H,1H2. The third kappa shape index (κ3) is 3.79. The molecule has 0 aliphatic carbocycles. The van der Waals surface area contributed by atoms with Crippen molar-refractivity contribution in [3.63, 3.8) is 0 Å². The van der Waals surface area contributed by atoms with E-state index in [0.717, 1.165) is 0 Å². The van der Waals surface area contributed by atoms with Crippen LogP contribution >= 0.6 is 11.6 Å². The van der Waals surface area contributed by atoms with Gasteiger partial charge in [0.1, 0.15) is 0 Å². The van der Waals surface area contributed by atoms with Crippen molar-refractivity contribution in [1.29, 1.82) is 0 Å². The molecule has 0 atom stereocenters. The Balaban J connectivity index is 2.85. The fourth-order valence-electron chi connectivity index (χ4n) is 0. The lowest BCUT2D eigenvalue weighted by Gasteiger charge is -1.80. The van der Waals surface area contributed by atoms with Gasteiger partial charge < -0.3 is 4.89 Å². The van der Waals surface area contributed by atoms with Gasteiger partial charge in [-0.15, -0.1) is 0 Å². The molecule has 2 nitrogen and oxygen atoms in total. The monoisotopic (exact) mass is 94.0 g/mol. The van der Waals surface area contributed by atoms with Crippen molar-refractivity contribution >= 4 is 11.6 Å². The second-order valence-corrected chi connectivity index (χ2v) is 0.868. The summed E-state index contributed by atoms with van der Waals surface area (Å²) in [7, 11) is 0. The highest BCUT2D eigenvalue weighted by Crippen LogP contribution is 1.91. The van der Waals surface area contributed by atoms with E-state index >= 15 is 0 Å². The molecule has 0 saturated heterocycles. The van der Waals surface area contributed by atoms with Crippen LogP contribution in [-0.4, -0.2) is 5.26 Å². The summed E-state index contributed by atoms with van der Waals surface area (Å²) in [6.45, 7) is 2.97. The second-order valence-electron chi connectivity index (χ2n) is 0.446. The van der Waals surface area contributed by atoms with Gasteiger partial charge >= 0.3 is 0 Å². The van der Waals surface area contributed by atoms with Crippen molar-refractivity contribution < 1.29 is 10.1 Å². The maximum Gasteiger partial charge on any atom is 0.224 e. The summed E-state index contributed by atoms with van der Waals surface area (Å²) in [6, 6.07) is 0. The quantitative estimate of drug-likeness (QED) is 0.300. The zero-order chi connectivity index (χ0) is 4.28. The third-order valence-corrected chi connectivity index (χ3v) is 0.168. The van der Waals surface area contributed by atoms with Gasteiger partial charge in [0.15, 0.2) is 0 Å². The average Bonchev–Trinajstić information content (AvgIpc) is 1.38. The Morgan fingerprint density at radius 1 is 2.00 bits per heavy atom. The molecule has 0 aliphatic heterocycles. The normalized spacial score (nSPS) is 6.80. The van der Waals surface area contributed by atoms with Gasteiger partial charge in [-0.25, -0.2) is 5.26 Å². The van der Waals surface area contributed by atoms with E-state index in [2.05, 4.69) is 11.5 Å². The van der Waals surface area contributed by atoms with Crippen LogP contribution in [0.3, 0.4) is 0 Å². The first-order valence-electron chi connectivity index (χ1n) is 0.929. The predicted octanol–water partition coefficient (Wildman–Crippen LogP) is 1.19. The minimum absolute atomic E-state index is 0.218. The van der Waals surface area contributed by atoms with Gasteiger partial charge in [0.25, 0.3) is 0 Å². The van der Waals surface area contributed by atoms with Gasteiger partial charge in [-0.3, -0.25) is 0 Å². The van der Waals surface area contributed by atoms with Gasteiger partial charge in [-0.05, 0) is 18.2 Å². The van der Waals surface area contributed by atoms with E-state index in [1.54, 1.807) is 0 Å². The Morgan fingerprint density at radius 2 is 2.20 bits per heavy atom. The zero-order valence-electron chi connectivity index (χ0n) is 2.44. The van der Waals surface area contributed by atoms with Crippen LogP contribution < -0.4 is 0 Å². The lowest BCUT2D eigenvalue weighted by molar-refractivity contribution is -0.192. The first kappa shape index (κ1) is 4.79. The largest absolute Gasteiger partial charge is 0.328 e. The molecule has 0 fully saturated rings. The SMILES string of the molecule is C=C(Cl)OO. The molecule has 0 aliphatic rings. The maximum atomic E-state index is 7.41. The van der Waals surface area contributed by atoms with Crippen molar-refractivity contribution in [3.05, 3.63) is 11.8 Å². The van der Waals surface area contributed by atoms with Crippen LogP contribution in [0.15, 0.2) is 11.8 Å². The highest BCUT2D eigenvalue weighted by molar-refractivity contribution is 6.27. The van der Waals surface area contributed by atoms with Crippen LogP contribution in [0.1, 0.15) is 0 Å². The van der Waals surface area contributed by atoms with Crippen molar-refractivity contribution in [2.75, 3.05) is 0 Å². The van der Waals surface area contributed by atoms with E-state index in [0.29, 0.717) is 0 Å². The molecule has 0 amide bonds. The van der Waals surface area contributed by atoms with Crippen LogP contribution in [0.5, 0.6) is 0 Å². The van der Waals surface area contributed by atoms with Crippen molar-refractivity contribution in [2.45, 2.75) is 0 Å². The first-order chi connectivity index (χ1) is 2.27. The lowest BCUT2D eigenvalue weighted by Crippen LogP contribution is -1.67. The molecule has 0 unspecified atom stereocenters. The van der Waals surface area contributed by atoms with E-state index in [1.165, 1.54) is 0 Å². The van der Waals surface area contributed by atoms with Crippen LogP contribution in [0, 0.1) is 0 Å². The predicted molar refractivity (Wildman–Crippen MR) is 18.7 cm³/mol. The molecular weight excluding hydrogens is 91.5 g/mol. The minimum Gasteiger partial charge on any atom is -0.328 e. The van der Waals surface area contributed by atoms with Crippen LogP contribution in [0.25, 0.3) is 0 Å². The van der Waals surface area contributed by atoms with Crippen molar-refractivity contribution in [1.82, 2.24) is 0 Å². The van der Waals surface area contributed by atoms with Gasteiger partial charge in [0.05, 0.1) is 0 Å². The highest BCUT2D eigenvalue weighted by atomic mass is 35.5. The smallest absolute Gasteiger partial charge is 0.224 e. The van der Waals surface area contributed by atoms with E-state index in [-0.39, 0.29) is 5.22 Å². The summed E-state index contributed by atoms with van der Waals surface area (Å²) in [5.74, 6) is 0. The molecular formula is C2H3ClO2. The molecule has 0 saturated carbocycles. The van der Waals surface area contributed by atoms with E-state index in [9.17, 15) is 0 Å². The Kier molecular flexibility index (Phi) is 1.97. The molecule has 1 N–H and O–H groups in total. The Morgan fingerprint density at radius 3 is 2.20 bits per heavy atom. The van der Waals surface area contributed by atoms with Gasteiger partial charge in [0, 0.05) is 0 Å². The number of hydrogen-bond donors (Lipinski definition) is 1. The Bertz CT molecular complexity index is 42.9. The van der Waals surface area contributed by atoms with Crippen molar-refractivity contribution in [2.24, 2.45) is 0 Å². The Hall–Kier alpha value is -0.210. The number of halogens is 1. The summed E-state index contributed by atoms with van der Waals surface area (Å²) in [5, 5.41) is 7.19. The summed E-state index contributed by atoms with van der Waals surface area (Å²) in [5.41, 5.74) is 0. The number of rotatable bonds is 1. The van der Waals surface area contributed by atoms with E-state index < -0.39 is 0 Å². The fraction of sp³-hybridized carbons (Fsp3) is 0. The Labute approximate surface area is 34.6 Å². The van der Waals surface area contributed by atoms with Gasteiger partial charge in [-0.1, -0.05) is 0 Å². The zero-order valence-corrected chi connectivity index (χ0v) is 3.20. The molecule has 0 aromatic heterocycles. The second kappa shape index (κ2) is 2.05. The molecule has 0 spiro atoms. The van der Waals surface area contributed by atoms with Crippen LogP contribution in [-0.2, 0) is 4.89 Å². The van der Waals surface area contributed by atoms with Gasteiger partial charge in [-0.2, -0.15) is 0 Å². The molecule has 0 rings (SSSR count). The van der Waals surface area contributed by atoms with E-state index in [1.807, 2.05) is 0 Å². The summed E-state index contributed by atoms with van der Waals surface area (Å²) in [4.78, 5) is 3.32. The molecule has 3 heteroatoms. The molecule has 0 aromatic carbocycles. The molecule has 30 valence electrons. The highest BCUT2D eigenvalue weighted by Gasteiger charge is 1.73. The van der Waals surface area contributed by atoms with E-state index in [4.69, 9.17) is 16.9 Å². The topological polar surface area (TPSA) is 29.5 Å². The fourth-order valence-corrected chi connectivity index (χ4v) is 0. The minimum atomic E-state index is -0.218. The van der Waals surface area contributed by atoms with Gasteiger partial charge in [0.2, 0.25) is 5.22 Å². The first-order valence-corrected chi connectivity index (χ1v) is 1.31. The molecule has 0 bridgehead atoms. The number of hydrogen-bond acceptors (Lipinski definition) is 2. The van der Waals surface area contributed by atoms with Crippen LogP contribution in [0.4, 0.5) is 0 Å². The molecule has 5 heavy (non-hydrogen) atoms. The summed E-state index contributed by atoms with van der Waals surface area (Å²) < 4.78 is 0. The molecule has 0 aromatic rings. The summed E-state index contributed by atoms with van der Waals surface area (Å²) >= 11 is 4.80.